The molecular weight excluding hydrogens is 290 g/mol. The average Bonchev–Trinajstić information content (AvgIpc) is 3.03. The monoisotopic (exact) mass is 307 g/mol. The van der Waals surface area contributed by atoms with Crippen molar-refractivity contribution in [3.05, 3.63) is 40.2 Å². The molecule has 0 fully saturated rings. The van der Waals surface area contributed by atoms with E-state index in [2.05, 4.69) is 5.32 Å². The first-order chi connectivity index (χ1) is 10.0. The molecule has 6 heteroatoms. The van der Waals surface area contributed by atoms with Crippen LogP contribution in [0.5, 0.6) is 0 Å². The average molecular weight is 307 g/mol. The third kappa shape index (κ3) is 3.52. The number of aromatic carboxylic acids is 1. The molecule has 0 atom stereocenters. The van der Waals surface area contributed by atoms with E-state index < -0.39 is 5.97 Å². The highest BCUT2D eigenvalue weighted by Gasteiger charge is 2.21. The molecule has 0 aliphatic carbocycles. The van der Waals surface area contributed by atoms with Crippen LogP contribution >= 0.6 is 11.3 Å². The first kappa shape index (κ1) is 15.3. The Kier molecular flexibility index (Phi) is 4.80. The maximum absolute atomic E-state index is 12.0. The van der Waals surface area contributed by atoms with Crippen LogP contribution in [-0.2, 0) is 17.6 Å². The number of carbonyl (C=O) groups excluding carboxylic acids is 1. The van der Waals surface area contributed by atoms with E-state index in [1.807, 2.05) is 13.8 Å². The number of furan rings is 1. The minimum absolute atomic E-state index is 0.210. The van der Waals surface area contributed by atoms with Crippen molar-refractivity contribution in [2.24, 2.45) is 0 Å². The molecule has 2 aromatic rings. The van der Waals surface area contributed by atoms with Gasteiger partial charge in [0.05, 0.1) is 11.8 Å². The molecule has 2 aromatic heterocycles. The van der Waals surface area contributed by atoms with Gasteiger partial charge in [-0.05, 0) is 31.0 Å². The molecule has 2 N–H and O–H groups in total. The molecule has 5 nitrogen and oxygen atoms in total. The van der Waals surface area contributed by atoms with Crippen molar-refractivity contribution in [2.45, 2.75) is 33.1 Å². The van der Waals surface area contributed by atoms with Gasteiger partial charge in [-0.1, -0.05) is 6.92 Å². The molecule has 21 heavy (non-hydrogen) atoms. The second kappa shape index (κ2) is 6.58. The third-order valence-corrected chi connectivity index (χ3v) is 4.27. The van der Waals surface area contributed by atoms with Crippen LogP contribution in [-0.4, -0.2) is 17.0 Å². The van der Waals surface area contributed by atoms with Crippen molar-refractivity contribution in [1.29, 1.82) is 0 Å². The fourth-order valence-corrected chi connectivity index (χ4v) is 3.35. The quantitative estimate of drug-likeness (QED) is 0.856. The maximum Gasteiger partial charge on any atom is 0.339 e. The standard InChI is InChI=1S/C15H17NO4S/c1-3-11-9(2)21-14(13(11)15(18)19)16-12(17)7-6-10-5-4-8-20-10/h4-5,8H,3,6-7H2,1-2H3,(H,16,17)(H,18,19). The van der Waals surface area contributed by atoms with Crippen molar-refractivity contribution in [2.75, 3.05) is 5.32 Å². The van der Waals surface area contributed by atoms with Gasteiger partial charge >= 0.3 is 5.97 Å². The second-order valence-corrected chi connectivity index (χ2v) is 5.85. The summed E-state index contributed by atoms with van der Waals surface area (Å²) >= 11 is 1.31. The molecule has 0 aliphatic rings. The van der Waals surface area contributed by atoms with Gasteiger partial charge < -0.3 is 14.8 Å². The van der Waals surface area contributed by atoms with Crippen molar-refractivity contribution in [1.82, 2.24) is 0 Å². The minimum Gasteiger partial charge on any atom is -0.478 e. The lowest BCUT2D eigenvalue weighted by Crippen LogP contribution is -2.14. The fourth-order valence-electron chi connectivity index (χ4n) is 2.20. The Morgan fingerprint density at radius 1 is 1.43 bits per heavy atom. The van der Waals surface area contributed by atoms with Crippen molar-refractivity contribution < 1.29 is 19.1 Å². The number of thiophene rings is 1. The molecule has 0 aliphatic heterocycles. The van der Waals surface area contributed by atoms with Crippen LogP contribution in [0.15, 0.2) is 22.8 Å². The Morgan fingerprint density at radius 3 is 2.76 bits per heavy atom. The molecule has 2 heterocycles. The number of carboxylic acids is 1. The molecule has 0 radical (unpaired) electrons. The van der Waals surface area contributed by atoms with Gasteiger partial charge in [0, 0.05) is 17.7 Å². The highest BCUT2D eigenvalue weighted by molar-refractivity contribution is 7.16. The zero-order valence-corrected chi connectivity index (χ0v) is 12.8. The molecule has 0 aromatic carbocycles. The maximum atomic E-state index is 12.0. The van der Waals surface area contributed by atoms with E-state index in [1.54, 1.807) is 18.4 Å². The number of anilines is 1. The van der Waals surface area contributed by atoms with Gasteiger partial charge in [-0.15, -0.1) is 11.3 Å². The SMILES string of the molecule is CCc1c(C)sc(NC(=O)CCc2ccco2)c1C(=O)O. The first-order valence-corrected chi connectivity index (χ1v) is 7.52. The summed E-state index contributed by atoms with van der Waals surface area (Å²) in [6, 6.07) is 3.58. The molecule has 0 saturated heterocycles. The number of nitrogens with one attached hydrogen (secondary N) is 1. The zero-order chi connectivity index (χ0) is 15.4. The van der Waals surface area contributed by atoms with E-state index in [0.717, 1.165) is 16.2 Å². The highest BCUT2D eigenvalue weighted by Crippen LogP contribution is 2.33. The van der Waals surface area contributed by atoms with E-state index in [1.165, 1.54) is 11.3 Å². The van der Waals surface area contributed by atoms with Gasteiger partial charge in [-0.3, -0.25) is 4.79 Å². The normalized spacial score (nSPS) is 10.6. The molecule has 112 valence electrons. The van der Waals surface area contributed by atoms with E-state index in [-0.39, 0.29) is 17.9 Å². The predicted octanol–water partition coefficient (Wildman–Crippen LogP) is 3.48. The highest BCUT2D eigenvalue weighted by atomic mass is 32.1. The largest absolute Gasteiger partial charge is 0.478 e. The number of rotatable bonds is 6. The van der Waals surface area contributed by atoms with E-state index in [0.29, 0.717) is 17.8 Å². The summed E-state index contributed by atoms with van der Waals surface area (Å²) in [6.45, 7) is 3.78. The summed E-state index contributed by atoms with van der Waals surface area (Å²) in [5.41, 5.74) is 1.00. The van der Waals surface area contributed by atoms with Gasteiger partial charge in [0.1, 0.15) is 10.8 Å². The zero-order valence-electron chi connectivity index (χ0n) is 11.9. The Balaban J connectivity index is 2.08. The van der Waals surface area contributed by atoms with Crippen molar-refractivity contribution in [3.63, 3.8) is 0 Å². The number of hydrogen-bond acceptors (Lipinski definition) is 4. The minimum atomic E-state index is -1.00. The topological polar surface area (TPSA) is 79.5 Å². The molecular formula is C15H17NO4S. The summed E-state index contributed by atoms with van der Waals surface area (Å²) in [5, 5.41) is 12.4. The van der Waals surface area contributed by atoms with Crippen LogP contribution in [0.25, 0.3) is 0 Å². The molecule has 0 unspecified atom stereocenters. The summed E-state index contributed by atoms with van der Waals surface area (Å²) in [5.74, 6) is -0.476. The molecule has 0 saturated carbocycles. The summed E-state index contributed by atoms with van der Waals surface area (Å²) in [6.07, 6.45) is 2.94. The second-order valence-electron chi connectivity index (χ2n) is 4.63. The molecule has 0 bridgehead atoms. The predicted molar refractivity (Wildman–Crippen MR) is 81.1 cm³/mol. The third-order valence-electron chi connectivity index (χ3n) is 3.21. The van der Waals surface area contributed by atoms with Gasteiger partial charge in [0.2, 0.25) is 5.91 Å². The van der Waals surface area contributed by atoms with Crippen LogP contribution in [0.4, 0.5) is 5.00 Å². The van der Waals surface area contributed by atoms with Gasteiger partial charge in [-0.2, -0.15) is 0 Å². The smallest absolute Gasteiger partial charge is 0.339 e. The lowest BCUT2D eigenvalue weighted by Gasteiger charge is -2.04. The molecule has 0 spiro atoms. The molecule has 1 amide bonds. The van der Waals surface area contributed by atoms with Gasteiger partial charge in [-0.25, -0.2) is 4.79 Å². The van der Waals surface area contributed by atoms with Crippen LogP contribution < -0.4 is 5.32 Å². The van der Waals surface area contributed by atoms with Gasteiger partial charge in [0.15, 0.2) is 0 Å². The van der Waals surface area contributed by atoms with Crippen molar-refractivity contribution >= 4 is 28.2 Å². The van der Waals surface area contributed by atoms with Crippen LogP contribution in [0, 0.1) is 6.92 Å². The Bertz CT molecular complexity index is 643. The summed E-state index contributed by atoms with van der Waals surface area (Å²) < 4.78 is 5.17. The molecule has 2 rings (SSSR count). The number of amides is 1. The Labute approximate surface area is 126 Å². The van der Waals surface area contributed by atoms with E-state index in [9.17, 15) is 14.7 Å². The number of aryl methyl sites for hydroxylation is 2. The Morgan fingerprint density at radius 2 is 2.19 bits per heavy atom. The number of carboxylic acid groups (broad SMARTS) is 1. The van der Waals surface area contributed by atoms with E-state index >= 15 is 0 Å². The van der Waals surface area contributed by atoms with Gasteiger partial charge in [0.25, 0.3) is 0 Å². The number of hydrogen-bond donors (Lipinski definition) is 2. The lowest BCUT2D eigenvalue weighted by molar-refractivity contribution is -0.116. The van der Waals surface area contributed by atoms with E-state index in [4.69, 9.17) is 4.42 Å². The van der Waals surface area contributed by atoms with Crippen LogP contribution in [0.2, 0.25) is 0 Å². The van der Waals surface area contributed by atoms with Crippen molar-refractivity contribution in [3.8, 4) is 0 Å². The summed E-state index contributed by atoms with van der Waals surface area (Å²) in [7, 11) is 0. The Hall–Kier alpha value is -2.08. The van der Waals surface area contributed by atoms with Crippen LogP contribution in [0.3, 0.4) is 0 Å². The fraction of sp³-hybridized carbons (Fsp3) is 0.333. The van der Waals surface area contributed by atoms with Crippen LogP contribution in [0.1, 0.15) is 39.9 Å². The first-order valence-electron chi connectivity index (χ1n) is 6.70. The lowest BCUT2D eigenvalue weighted by atomic mass is 10.1. The number of carbonyl (C=O) groups is 2. The summed E-state index contributed by atoms with van der Waals surface area (Å²) in [4.78, 5) is 24.3.